The first-order chi connectivity index (χ1) is 15.2. The molecule has 0 spiro atoms. The summed E-state index contributed by atoms with van der Waals surface area (Å²) in [6.07, 6.45) is 0. The molecule has 0 aromatic heterocycles. The number of nitrogens with one attached hydrogen (secondary N) is 3. The lowest BCUT2D eigenvalue weighted by molar-refractivity contribution is 0.415. The van der Waals surface area contributed by atoms with E-state index in [4.69, 9.17) is 17.0 Å². The number of rotatable bonds is 7. The number of sulfonamides is 1. The molecule has 6 nitrogen and oxygen atoms in total. The Morgan fingerprint density at radius 3 is 2.16 bits per heavy atom. The smallest absolute Gasteiger partial charge is 0.262 e. The molecule has 0 atom stereocenters. The highest BCUT2D eigenvalue weighted by molar-refractivity contribution is 9.10. The highest BCUT2D eigenvalue weighted by atomic mass is 79.9. The van der Waals surface area contributed by atoms with Crippen molar-refractivity contribution < 1.29 is 13.2 Å². The first kappa shape index (κ1) is 24.0. The van der Waals surface area contributed by atoms with Crippen LogP contribution in [0.25, 0.3) is 0 Å². The van der Waals surface area contributed by atoms with E-state index in [1.54, 1.807) is 30.3 Å². The Morgan fingerprint density at radius 2 is 1.56 bits per heavy atom. The molecule has 3 N–H and O–H groups in total. The predicted octanol–water partition coefficient (Wildman–Crippen LogP) is 6.19. The lowest BCUT2D eigenvalue weighted by atomic mass is 10.0. The van der Waals surface area contributed by atoms with E-state index in [-0.39, 0.29) is 4.90 Å². The molecule has 168 valence electrons. The molecule has 0 aliphatic heterocycles. The van der Waals surface area contributed by atoms with Crippen LogP contribution < -0.4 is 20.1 Å². The zero-order valence-electron chi connectivity index (χ0n) is 17.8. The summed E-state index contributed by atoms with van der Waals surface area (Å²) in [5.41, 5.74) is 3.10. The van der Waals surface area contributed by atoms with Crippen molar-refractivity contribution in [3.05, 3.63) is 76.8 Å². The molecule has 0 unspecified atom stereocenters. The zero-order chi connectivity index (χ0) is 23.3. The molecule has 0 fully saturated rings. The van der Waals surface area contributed by atoms with Crippen LogP contribution in [-0.2, 0) is 10.0 Å². The number of anilines is 3. The summed E-state index contributed by atoms with van der Waals surface area (Å²) in [6, 6.07) is 19.4. The van der Waals surface area contributed by atoms with Crippen LogP contribution in [0.1, 0.15) is 25.3 Å². The molecule has 3 aromatic rings. The minimum Gasteiger partial charge on any atom is -0.495 e. The third-order valence-corrected chi connectivity index (χ3v) is 6.77. The van der Waals surface area contributed by atoms with E-state index in [0.29, 0.717) is 28.2 Å². The molecular formula is C23H24BrN3O3S2. The molecular weight excluding hydrogens is 510 g/mol. The van der Waals surface area contributed by atoms with Crippen LogP contribution in [0.5, 0.6) is 5.75 Å². The molecule has 0 radical (unpaired) electrons. The molecule has 0 heterocycles. The average Bonchev–Trinajstić information content (AvgIpc) is 2.75. The predicted molar refractivity (Wildman–Crippen MR) is 138 cm³/mol. The number of thiocarbonyl (C=S) groups is 1. The Morgan fingerprint density at radius 1 is 0.938 bits per heavy atom. The third-order valence-electron chi connectivity index (χ3n) is 4.66. The maximum absolute atomic E-state index is 12.8. The van der Waals surface area contributed by atoms with Gasteiger partial charge in [-0.05, 0) is 72.2 Å². The highest BCUT2D eigenvalue weighted by Gasteiger charge is 2.17. The first-order valence-corrected chi connectivity index (χ1v) is 12.5. The van der Waals surface area contributed by atoms with Crippen molar-refractivity contribution in [2.24, 2.45) is 0 Å². The lowest BCUT2D eigenvalue weighted by Gasteiger charge is -2.15. The number of hydrogen-bond acceptors (Lipinski definition) is 4. The molecule has 3 rings (SSSR count). The van der Waals surface area contributed by atoms with Gasteiger partial charge in [-0.2, -0.15) is 0 Å². The van der Waals surface area contributed by atoms with Gasteiger partial charge in [0.05, 0.1) is 17.7 Å². The summed E-state index contributed by atoms with van der Waals surface area (Å²) < 4.78 is 34.3. The molecule has 32 heavy (non-hydrogen) atoms. The number of benzene rings is 3. The van der Waals surface area contributed by atoms with E-state index in [1.165, 1.54) is 24.8 Å². The fraction of sp³-hybridized carbons (Fsp3) is 0.174. The largest absolute Gasteiger partial charge is 0.495 e. The van der Waals surface area contributed by atoms with Crippen molar-refractivity contribution in [3.63, 3.8) is 0 Å². The van der Waals surface area contributed by atoms with Gasteiger partial charge in [-0.3, -0.25) is 4.72 Å². The van der Waals surface area contributed by atoms with Crippen LogP contribution in [0.3, 0.4) is 0 Å². The topological polar surface area (TPSA) is 79.5 Å². The van der Waals surface area contributed by atoms with Gasteiger partial charge in [-0.1, -0.05) is 41.9 Å². The second-order valence-corrected chi connectivity index (χ2v) is 10.3. The van der Waals surface area contributed by atoms with E-state index < -0.39 is 10.0 Å². The second kappa shape index (κ2) is 10.3. The van der Waals surface area contributed by atoms with Crippen molar-refractivity contribution in [2.75, 3.05) is 22.5 Å². The summed E-state index contributed by atoms with van der Waals surface area (Å²) in [5.74, 6) is 0.800. The SMILES string of the molecule is COc1cc(S(=O)(=O)Nc2ccc(Br)cc2)ccc1NC(=S)Nc1ccc(C(C)C)cc1. The molecule has 9 heteroatoms. The molecule has 0 amide bonds. The lowest BCUT2D eigenvalue weighted by Crippen LogP contribution is -2.20. The molecule has 0 saturated heterocycles. The number of hydrogen-bond donors (Lipinski definition) is 3. The van der Waals surface area contributed by atoms with Crippen molar-refractivity contribution in [2.45, 2.75) is 24.7 Å². The van der Waals surface area contributed by atoms with Gasteiger partial charge >= 0.3 is 0 Å². The van der Waals surface area contributed by atoms with E-state index >= 15 is 0 Å². The molecule has 0 bridgehead atoms. The normalized spacial score (nSPS) is 11.2. The summed E-state index contributed by atoms with van der Waals surface area (Å²) in [4.78, 5) is 0.0750. The van der Waals surface area contributed by atoms with Crippen molar-refractivity contribution in [3.8, 4) is 5.75 Å². The van der Waals surface area contributed by atoms with Crippen LogP contribution in [0.4, 0.5) is 17.1 Å². The fourth-order valence-electron chi connectivity index (χ4n) is 2.91. The summed E-state index contributed by atoms with van der Waals surface area (Å²) in [7, 11) is -2.31. The Labute approximate surface area is 202 Å². The zero-order valence-corrected chi connectivity index (χ0v) is 21.1. The van der Waals surface area contributed by atoms with Gasteiger partial charge in [-0.25, -0.2) is 8.42 Å². The van der Waals surface area contributed by atoms with E-state index in [0.717, 1.165) is 10.2 Å². The van der Waals surface area contributed by atoms with Gasteiger partial charge in [-0.15, -0.1) is 0 Å². The standard InChI is InChI=1S/C23H24BrN3O3S2/c1-15(2)16-4-8-18(9-5-16)25-23(31)26-21-13-12-20(14-22(21)30-3)32(28,29)27-19-10-6-17(24)7-11-19/h4-15,27H,1-3H3,(H2,25,26,31). The van der Waals surface area contributed by atoms with Gasteiger partial charge in [0.25, 0.3) is 10.0 Å². The molecule has 0 aliphatic rings. The minimum atomic E-state index is -3.79. The van der Waals surface area contributed by atoms with E-state index in [2.05, 4.69) is 45.1 Å². The van der Waals surface area contributed by atoms with E-state index in [9.17, 15) is 8.42 Å². The second-order valence-electron chi connectivity index (χ2n) is 7.33. The maximum atomic E-state index is 12.8. The first-order valence-electron chi connectivity index (χ1n) is 9.82. The third kappa shape index (κ3) is 6.21. The Kier molecular flexibility index (Phi) is 7.76. The van der Waals surface area contributed by atoms with Crippen LogP contribution >= 0.6 is 28.1 Å². The van der Waals surface area contributed by atoms with Gasteiger partial charge in [0.2, 0.25) is 0 Å². The highest BCUT2D eigenvalue weighted by Crippen LogP contribution is 2.29. The maximum Gasteiger partial charge on any atom is 0.262 e. The Hall–Kier alpha value is -2.62. The van der Waals surface area contributed by atoms with Crippen molar-refractivity contribution in [1.82, 2.24) is 0 Å². The quantitative estimate of drug-likeness (QED) is 0.314. The molecule has 0 saturated carbocycles. The summed E-state index contributed by atoms with van der Waals surface area (Å²) in [6.45, 7) is 4.28. The summed E-state index contributed by atoms with van der Waals surface area (Å²) in [5, 5.41) is 6.54. The van der Waals surface area contributed by atoms with Gasteiger partial charge in [0, 0.05) is 21.9 Å². The molecule has 3 aromatic carbocycles. The fourth-order valence-corrected chi connectivity index (χ4v) is 4.48. The van der Waals surface area contributed by atoms with Gasteiger partial charge < -0.3 is 15.4 Å². The van der Waals surface area contributed by atoms with Crippen molar-refractivity contribution in [1.29, 1.82) is 0 Å². The Balaban J connectivity index is 1.72. The van der Waals surface area contributed by atoms with Gasteiger partial charge in [0.1, 0.15) is 5.75 Å². The number of methoxy groups -OCH3 is 1. The monoisotopic (exact) mass is 533 g/mol. The van der Waals surface area contributed by atoms with Crippen molar-refractivity contribution >= 4 is 60.3 Å². The Bertz CT molecular complexity index is 1200. The van der Waals surface area contributed by atoms with Gasteiger partial charge in [0.15, 0.2) is 5.11 Å². The average molecular weight is 535 g/mol. The van der Waals surface area contributed by atoms with E-state index in [1.807, 2.05) is 24.3 Å². The number of halogens is 1. The van der Waals surface area contributed by atoms with Crippen LogP contribution in [-0.4, -0.2) is 20.6 Å². The van der Waals surface area contributed by atoms with Crippen LogP contribution in [0.15, 0.2) is 76.1 Å². The minimum absolute atomic E-state index is 0.0750. The summed E-state index contributed by atoms with van der Waals surface area (Å²) >= 11 is 8.73. The molecule has 0 aliphatic carbocycles. The number of ether oxygens (including phenoxy) is 1. The van der Waals surface area contributed by atoms with Crippen LogP contribution in [0.2, 0.25) is 0 Å². The van der Waals surface area contributed by atoms with Crippen LogP contribution in [0, 0.1) is 0 Å².